The Morgan fingerprint density at radius 1 is 1.40 bits per heavy atom. The van der Waals surface area contributed by atoms with Gasteiger partial charge in [0, 0.05) is 26.5 Å². The molecule has 0 unspecified atom stereocenters. The van der Waals surface area contributed by atoms with Gasteiger partial charge in [-0.05, 0) is 17.7 Å². The van der Waals surface area contributed by atoms with E-state index >= 15 is 0 Å². The summed E-state index contributed by atoms with van der Waals surface area (Å²) < 4.78 is 27.9. The van der Waals surface area contributed by atoms with E-state index < -0.39 is 10.0 Å². The maximum absolute atomic E-state index is 12.4. The average Bonchev–Trinajstić information content (AvgIpc) is 2.84. The van der Waals surface area contributed by atoms with Crippen LogP contribution in [0.25, 0.3) is 0 Å². The Morgan fingerprint density at radius 2 is 2.15 bits per heavy atom. The number of imidazole rings is 1. The van der Waals surface area contributed by atoms with Crippen molar-refractivity contribution in [1.29, 1.82) is 0 Å². The Kier molecular flexibility index (Phi) is 4.22. The molecule has 1 heterocycles. The largest absolute Gasteiger partial charge is 0.392 e. The summed E-state index contributed by atoms with van der Waals surface area (Å²) in [7, 11) is -0.271. The Hall–Kier alpha value is -1.70. The first-order valence-corrected chi connectivity index (χ1v) is 7.51. The topological polar surface area (TPSA) is 75.4 Å². The summed E-state index contributed by atoms with van der Waals surface area (Å²) in [6.07, 6.45) is 3.39. The van der Waals surface area contributed by atoms with Crippen LogP contribution in [-0.4, -0.2) is 34.4 Å². The quantitative estimate of drug-likeness (QED) is 0.882. The predicted octanol–water partition coefficient (Wildman–Crippen LogP) is 0.733. The fourth-order valence-corrected chi connectivity index (χ4v) is 3.01. The lowest BCUT2D eigenvalue weighted by molar-refractivity contribution is 0.281. The molecule has 1 N–H and O–H groups in total. The van der Waals surface area contributed by atoms with Crippen molar-refractivity contribution in [3.05, 3.63) is 48.0 Å². The number of benzene rings is 1. The van der Waals surface area contributed by atoms with E-state index in [1.54, 1.807) is 29.1 Å². The fourth-order valence-electron chi connectivity index (χ4n) is 1.82. The normalized spacial score (nSPS) is 12.0. The van der Waals surface area contributed by atoms with Crippen molar-refractivity contribution < 1.29 is 13.5 Å². The number of aliphatic hydroxyl groups excluding tert-OH is 1. The number of rotatable bonds is 5. The van der Waals surface area contributed by atoms with Gasteiger partial charge in [-0.15, -0.1) is 0 Å². The van der Waals surface area contributed by atoms with E-state index in [1.807, 2.05) is 7.05 Å². The van der Waals surface area contributed by atoms with Gasteiger partial charge in [0.25, 0.3) is 0 Å². The van der Waals surface area contributed by atoms with Crippen molar-refractivity contribution in [3.63, 3.8) is 0 Å². The van der Waals surface area contributed by atoms with Gasteiger partial charge in [-0.25, -0.2) is 13.4 Å². The van der Waals surface area contributed by atoms with Gasteiger partial charge in [-0.2, -0.15) is 4.31 Å². The molecule has 0 radical (unpaired) electrons. The molecule has 0 saturated heterocycles. The minimum absolute atomic E-state index is 0.167. The third kappa shape index (κ3) is 2.90. The highest BCUT2D eigenvalue weighted by Crippen LogP contribution is 2.17. The van der Waals surface area contributed by atoms with Crippen molar-refractivity contribution in [3.8, 4) is 0 Å². The van der Waals surface area contributed by atoms with Gasteiger partial charge >= 0.3 is 0 Å². The van der Waals surface area contributed by atoms with Crippen molar-refractivity contribution >= 4 is 10.0 Å². The highest BCUT2D eigenvalue weighted by Gasteiger charge is 2.22. The zero-order chi connectivity index (χ0) is 14.8. The number of hydrogen-bond acceptors (Lipinski definition) is 4. The summed E-state index contributed by atoms with van der Waals surface area (Å²) in [5.41, 5.74) is 0.566. The number of aryl methyl sites for hydroxylation is 1. The lowest BCUT2D eigenvalue weighted by atomic mass is 10.2. The molecule has 0 amide bonds. The molecule has 6 nitrogen and oxygen atoms in total. The number of nitrogens with zero attached hydrogens (tertiary/aromatic N) is 3. The summed E-state index contributed by atoms with van der Waals surface area (Å²) in [5.74, 6) is 0.661. The molecule has 1 aromatic carbocycles. The first-order chi connectivity index (χ1) is 9.45. The molecule has 0 atom stereocenters. The monoisotopic (exact) mass is 295 g/mol. The van der Waals surface area contributed by atoms with E-state index in [9.17, 15) is 8.42 Å². The second kappa shape index (κ2) is 5.74. The number of hydrogen-bond donors (Lipinski definition) is 1. The Balaban J connectivity index is 2.27. The fraction of sp³-hybridized carbons (Fsp3) is 0.308. The molecule has 2 rings (SSSR count). The smallest absolute Gasteiger partial charge is 0.243 e. The third-order valence-corrected chi connectivity index (χ3v) is 4.87. The van der Waals surface area contributed by atoms with Gasteiger partial charge in [0.15, 0.2) is 0 Å². The van der Waals surface area contributed by atoms with E-state index in [0.29, 0.717) is 11.4 Å². The van der Waals surface area contributed by atoms with E-state index in [4.69, 9.17) is 5.11 Å². The van der Waals surface area contributed by atoms with Crippen LogP contribution in [0.4, 0.5) is 0 Å². The lowest BCUT2D eigenvalue weighted by Crippen LogP contribution is -2.27. The summed E-state index contributed by atoms with van der Waals surface area (Å²) >= 11 is 0. The van der Waals surface area contributed by atoms with Crippen LogP contribution in [0.5, 0.6) is 0 Å². The first kappa shape index (κ1) is 14.7. The Bertz CT molecular complexity index is 694. The third-order valence-electron chi connectivity index (χ3n) is 3.07. The maximum atomic E-state index is 12.4. The summed E-state index contributed by atoms with van der Waals surface area (Å²) in [6.45, 7) is 0.00161. The summed E-state index contributed by atoms with van der Waals surface area (Å²) in [6, 6.07) is 6.29. The minimum atomic E-state index is -3.60. The van der Waals surface area contributed by atoms with Crippen molar-refractivity contribution in [2.24, 2.45) is 7.05 Å². The zero-order valence-electron chi connectivity index (χ0n) is 11.4. The molecule has 1 aromatic heterocycles. The highest BCUT2D eigenvalue weighted by molar-refractivity contribution is 7.89. The van der Waals surface area contributed by atoms with Gasteiger partial charge in [0.2, 0.25) is 10.0 Å². The predicted molar refractivity (Wildman–Crippen MR) is 74.2 cm³/mol. The van der Waals surface area contributed by atoms with Crippen LogP contribution in [-0.2, 0) is 30.2 Å². The molecule has 0 aliphatic heterocycles. The van der Waals surface area contributed by atoms with Crippen LogP contribution in [0, 0.1) is 0 Å². The van der Waals surface area contributed by atoms with Gasteiger partial charge in [-0.1, -0.05) is 12.1 Å². The van der Waals surface area contributed by atoms with Gasteiger partial charge in [0.1, 0.15) is 5.82 Å². The molecule has 0 bridgehead atoms. The van der Waals surface area contributed by atoms with Gasteiger partial charge < -0.3 is 9.67 Å². The Labute approximate surface area is 118 Å². The van der Waals surface area contributed by atoms with Crippen LogP contribution in [0.15, 0.2) is 41.6 Å². The minimum Gasteiger partial charge on any atom is -0.392 e. The van der Waals surface area contributed by atoms with Crippen LogP contribution in [0.2, 0.25) is 0 Å². The van der Waals surface area contributed by atoms with Gasteiger partial charge in [0.05, 0.1) is 18.0 Å². The molecule has 0 aliphatic rings. The van der Waals surface area contributed by atoms with Crippen LogP contribution >= 0.6 is 0 Å². The molecule has 0 fully saturated rings. The van der Waals surface area contributed by atoms with Crippen molar-refractivity contribution in [1.82, 2.24) is 13.9 Å². The molecule has 0 saturated carbocycles. The molecule has 20 heavy (non-hydrogen) atoms. The molecular formula is C13H17N3O3S. The van der Waals surface area contributed by atoms with E-state index in [0.717, 1.165) is 0 Å². The number of aromatic nitrogens is 2. The second-order valence-electron chi connectivity index (χ2n) is 4.52. The summed E-state index contributed by atoms with van der Waals surface area (Å²) in [5, 5.41) is 9.09. The van der Waals surface area contributed by atoms with Crippen LogP contribution < -0.4 is 0 Å². The van der Waals surface area contributed by atoms with Gasteiger partial charge in [-0.3, -0.25) is 0 Å². The molecule has 0 spiro atoms. The molecular weight excluding hydrogens is 278 g/mol. The second-order valence-corrected chi connectivity index (χ2v) is 6.57. The molecule has 7 heteroatoms. The highest BCUT2D eigenvalue weighted by atomic mass is 32.2. The zero-order valence-corrected chi connectivity index (χ0v) is 12.2. The molecule has 0 aliphatic carbocycles. The molecule has 2 aromatic rings. The van der Waals surface area contributed by atoms with Crippen molar-refractivity contribution in [2.45, 2.75) is 18.0 Å². The van der Waals surface area contributed by atoms with Crippen molar-refractivity contribution in [2.75, 3.05) is 7.05 Å². The van der Waals surface area contributed by atoms with Crippen LogP contribution in [0.3, 0.4) is 0 Å². The van der Waals surface area contributed by atoms with E-state index in [-0.39, 0.29) is 18.0 Å². The van der Waals surface area contributed by atoms with Crippen LogP contribution in [0.1, 0.15) is 11.4 Å². The lowest BCUT2D eigenvalue weighted by Gasteiger charge is -2.17. The maximum Gasteiger partial charge on any atom is 0.243 e. The average molecular weight is 295 g/mol. The summed E-state index contributed by atoms with van der Waals surface area (Å²) in [4.78, 5) is 4.28. The standard InChI is InChI=1S/C13H17N3O3S/c1-15-7-6-14-13(15)9-16(2)20(18,19)12-5-3-4-11(8-12)10-17/h3-8,17H,9-10H2,1-2H3. The van der Waals surface area contributed by atoms with E-state index in [1.165, 1.54) is 23.5 Å². The Morgan fingerprint density at radius 3 is 2.75 bits per heavy atom. The number of sulfonamides is 1. The van der Waals surface area contributed by atoms with E-state index in [2.05, 4.69) is 4.98 Å². The number of aliphatic hydroxyl groups is 1. The SMILES string of the molecule is CN(Cc1nccn1C)S(=O)(=O)c1cccc(CO)c1. The first-order valence-electron chi connectivity index (χ1n) is 6.07. The molecule has 108 valence electrons.